The van der Waals surface area contributed by atoms with Crippen LogP contribution in [0.1, 0.15) is 136 Å². The van der Waals surface area contributed by atoms with Crippen molar-refractivity contribution in [2.45, 2.75) is 154 Å². The quantitative estimate of drug-likeness (QED) is 0.0701. The molecule has 1 rings (SSSR count). The Morgan fingerprint density at radius 2 is 1.44 bits per heavy atom. The predicted molar refractivity (Wildman–Crippen MR) is 181 cm³/mol. The minimum absolute atomic E-state index is 0.0122. The lowest BCUT2D eigenvalue weighted by Crippen LogP contribution is -2.52. The molecule has 0 aliphatic heterocycles. The molecule has 0 bridgehead atoms. The van der Waals surface area contributed by atoms with Crippen molar-refractivity contribution in [3.05, 3.63) is 42.0 Å². The molecule has 2 amide bonds. The van der Waals surface area contributed by atoms with Crippen molar-refractivity contribution in [1.29, 1.82) is 0 Å². The third-order valence-corrected chi connectivity index (χ3v) is 8.36. The van der Waals surface area contributed by atoms with Gasteiger partial charge in [0, 0.05) is 26.3 Å². The van der Waals surface area contributed by atoms with Crippen LogP contribution < -0.4 is 15.4 Å². The molecule has 1 aromatic rings. The summed E-state index contributed by atoms with van der Waals surface area (Å²) in [6.45, 7) is 8.48. The lowest BCUT2D eigenvalue weighted by Gasteiger charge is -2.31. The zero-order valence-corrected chi connectivity index (χ0v) is 28.8. The minimum Gasteiger partial charge on any atom is -0.494 e. The number of carbonyl (C=O) groups excluding carboxylic acids is 2. The molecule has 0 radical (unpaired) electrons. The number of aliphatic hydroxyl groups is 1. The van der Waals surface area contributed by atoms with Crippen molar-refractivity contribution in [3.63, 3.8) is 0 Å². The number of amides is 2. The first-order chi connectivity index (χ1) is 21.5. The van der Waals surface area contributed by atoms with E-state index in [1.165, 1.54) is 7.05 Å². The zero-order valence-electron chi connectivity index (χ0n) is 28.8. The standard InChI is InChI=1S/C37H62F2N2O4/c1-6-9-11-15-18-26-37(38,39)27-19-16-13-12-14-17-20-32(36(4,44)25-8-3)34(42)41-33(35(43)40-5)29-30-21-23-31(24-22-30)45-28-10-7-2/h17,20-24,32-33,44H,6-16,18-19,25-29H2,1-5H3,(H,40,43)(H,41,42)/t32-,33+,36+/m1/s1. The first-order valence-electron chi connectivity index (χ1n) is 17.5. The molecule has 0 saturated carbocycles. The summed E-state index contributed by atoms with van der Waals surface area (Å²) in [4.78, 5) is 26.3. The number of alkyl halides is 2. The van der Waals surface area contributed by atoms with Gasteiger partial charge in [0.25, 0.3) is 0 Å². The van der Waals surface area contributed by atoms with Gasteiger partial charge in [-0.1, -0.05) is 96.4 Å². The van der Waals surface area contributed by atoms with Gasteiger partial charge in [0.2, 0.25) is 17.7 Å². The molecule has 0 fully saturated rings. The van der Waals surface area contributed by atoms with E-state index in [9.17, 15) is 23.5 Å². The van der Waals surface area contributed by atoms with Crippen LogP contribution in [0.3, 0.4) is 0 Å². The molecule has 8 heteroatoms. The highest BCUT2D eigenvalue weighted by Crippen LogP contribution is 2.29. The molecule has 0 aliphatic carbocycles. The Bertz CT molecular complexity index is 966. The zero-order chi connectivity index (χ0) is 33.6. The number of hydrogen-bond donors (Lipinski definition) is 3. The average Bonchev–Trinajstić information content (AvgIpc) is 3.00. The molecule has 0 aliphatic rings. The van der Waals surface area contributed by atoms with Crippen molar-refractivity contribution >= 4 is 11.8 Å². The molecule has 0 aromatic heterocycles. The summed E-state index contributed by atoms with van der Waals surface area (Å²) >= 11 is 0. The largest absolute Gasteiger partial charge is 0.494 e. The van der Waals surface area contributed by atoms with Crippen LogP contribution in [0.4, 0.5) is 8.78 Å². The van der Waals surface area contributed by atoms with Crippen LogP contribution in [0.15, 0.2) is 36.4 Å². The predicted octanol–water partition coefficient (Wildman–Crippen LogP) is 8.70. The Labute approximate surface area is 272 Å². The van der Waals surface area contributed by atoms with Crippen LogP contribution in [0.2, 0.25) is 0 Å². The van der Waals surface area contributed by atoms with E-state index in [4.69, 9.17) is 4.74 Å². The van der Waals surface area contributed by atoms with Gasteiger partial charge < -0.3 is 20.5 Å². The summed E-state index contributed by atoms with van der Waals surface area (Å²) < 4.78 is 34.0. The summed E-state index contributed by atoms with van der Waals surface area (Å²) in [5.41, 5.74) is -0.411. The van der Waals surface area contributed by atoms with Gasteiger partial charge in [-0.25, -0.2) is 8.78 Å². The van der Waals surface area contributed by atoms with Crippen LogP contribution >= 0.6 is 0 Å². The number of unbranched alkanes of at least 4 members (excludes halogenated alkanes) is 9. The smallest absolute Gasteiger partial charge is 0.248 e. The van der Waals surface area contributed by atoms with E-state index < -0.39 is 29.4 Å². The maximum Gasteiger partial charge on any atom is 0.248 e. The number of benzene rings is 1. The van der Waals surface area contributed by atoms with Gasteiger partial charge in [-0.15, -0.1) is 0 Å². The first kappa shape index (κ1) is 40.5. The molecule has 3 N–H and O–H groups in total. The number of likely N-dealkylation sites (N-methyl/N-ethyl adjacent to an activating group) is 1. The Hall–Kier alpha value is -2.48. The molecule has 6 nitrogen and oxygen atoms in total. The highest BCUT2D eigenvalue weighted by molar-refractivity contribution is 5.89. The molecule has 258 valence electrons. The SMILES string of the molecule is CCCCCCCC(F)(F)CCCCCCC=C[C@H](C(=O)N[C@@H](Cc1ccc(OCCCC)cc1)C(=O)NC)[C@@](C)(O)CCC. The molecular weight excluding hydrogens is 574 g/mol. The number of nitrogens with one attached hydrogen (secondary N) is 2. The van der Waals surface area contributed by atoms with E-state index >= 15 is 0 Å². The van der Waals surface area contributed by atoms with Crippen molar-refractivity contribution in [2.24, 2.45) is 5.92 Å². The number of ether oxygens (including phenoxy) is 1. The summed E-state index contributed by atoms with van der Waals surface area (Å²) in [5, 5.41) is 16.7. The van der Waals surface area contributed by atoms with Crippen LogP contribution in [-0.4, -0.2) is 48.1 Å². The maximum atomic E-state index is 14.2. The van der Waals surface area contributed by atoms with Gasteiger partial charge in [-0.05, 0) is 63.1 Å². The number of carbonyl (C=O) groups is 2. The van der Waals surface area contributed by atoms with Crippen LogP contribution in [-0.2, 0) is 16.0 Å². The third-order valence-electron chi connectivity index (χ3n) is 8.36. The van der Waals surface area contributed by atoms with Crippen molar-refractivity contribution in [1.82, 2.24) is 10.6 Å². The number of rotatable bonds is 26. The van der Waals surface area contributed by atoms with Gasteiger partial charge in [0.15, 0.2) is 0 Å². The Kier molecular flexibility index (Phi) is 20.7. The fourth-order valence-electron chi connectivity index (χ4n) is 5.52. The summed E-state index contributed by atoms with van der Waals surface area (Å²) in [5.74, 6) is -3.37. The monoisotopic (exact) mass is 636 g/mol. The van der Waals surface area contributed by atoms with E-state index in [0.29, 0.717) is 45.1 Å². The molecule has 0 heterocycles. The van der Waals surface area contributed by atoms with E-state index in [2.05, 4.69) is 24.5 Å². The number of halogens is 2. The fourth-order valence-corrected chi connectivity index (χ4v) is 5.52. The highest BCUT2D eigenvalue weighted by Gasteiger charge is 2.36. The van der Waals surface area contributed by atoms with Gasteiger partial charge in [-0.2, -0.15) is 0 Å². The lowest BCUT2D eigenvalue weighted by atomic mass is 9.83. The van der Waals surface area contributed by atoms with Crippen molar-refractivity contribution < 1.29 is 28.2 Å². The Morgan fingerprint density at radius 1 is 0.844 bits per heavy atom. The summed E-state index contributed by atoms with van der Waals surface area (Å²) in [7, 11) is 1.53. The lowest BCUT2D eigenvalue weighted by molar-refractivity contribution is -0.135. The second-order valence-corrected chi connectivity index (χ2v) is 12.7. The molecular formula is C37H62F2N2O4. The van der Waals surface area contributed by atoms with Crippen LogP contribution in [0, 0.1) is 5.92 Å². The highest BCUT2D eigenvalue weighted by atomic mass is 19.3. The van der Waals surface area contributed by atoms with Gasteiger partial charge >= 0.3 is 0 Å². The van der Waals surface area contributed by atoms with E-state index in [1.54, 1.807) is 13.0 Å². The Balaban J connectivity index is 2.69. The minimum atomic E-state index is -2.57. The topological polar surface area (TPSA) is 87.7 Å². The maximum absolute atomic E-state index is 14.2. The summed E-state index contributed by atoms with van der Waals surface area (Å²) in [6.07, 6.45) is 15.4. The molecule has 0 unspecified atom stereocenters. The first-order valence-corrected chi connectivity index (χ1v) is 17.5. The van der Waals surface area contributed by atoms with Gasteiger partial charge in [0.05, 0.1) is 18.1 Å². The average molecular weight is 637 g/mol. The number of allylic oxidation sites excluding steroid dienone is 1. The van der Waals surface area contributed by atoms with Crippen LogP contribution in [0.25, 0.3) is 0 Å². The van der Waals surface area contributed by atoms with Crippen molar-refractivity contribution in [3.8, 4) is 5.75 Å². The van der Waals surface area contributed by atoms with Gasteiger partial charge in [0.1, 0.15) is 11.8 Å². The molecule has 1 aromatic carbocycles. The molecule has 0 saturated heterocycles. The molecule has 45 heavy (non-hydrogen) atoms. The second kappa shape index (κ2) is 22.9. The van der Waals surface area contributed by atoms with Crippen LogP contribution in [0.5, 0.6) is 5.75 Å². The summed E-state index contributed by atoms with van der Waals surface area (Å²) in [6, 6.07) is 6.71. The fraction of sp³-hybridized carbons (Fsp3) is 0.730. The number of hydrogen-bond acceptors (Lipinski definition) is 4. The van der Waals surface area contributed by atoms with Crippen molar-refractivity contribution in [2.75, 3.05) is 13.7 Å². The second-order valence-electron chi connectivity index (χ2n) is 12.7. The van der Waals surface area contributed by atoms with E-state index in [1.807, 2.05) is 37.3 Å². The van der Waals surface area contributed by atoms with Gasteiger partial charge in [-0.3, -0.25) is 9.59 Å². The third kappa shape index (κ3) is 17.7. The normalized spacial score (nSPS) is 14.6. The van der Waals surface area contributed by atoms with E-state index in [-0.39, 0.29) is 18.7 Å². The molecule has 0 spiro atoms. The van der Waals surface area contributed by atoms with E-state index in [0.717, 1.165) is 69.1 Å². The Morgan fingerprint density at radius 3 is 2.02 bits per heavy atom. The molecule has 3 atom stereocenters.